The molecule has 0 bridgehead atoms. The Balaban J connectivity index is 4.16. The highest BCUT2D eigenvalue weighted by molar-refractivity contribution is 7.47. The van der Waals surface area contributed by atoms with Gasteiger partial charge in [-0.1, -0.05) is 0 Å². The molecule has 0 aliphatic carbocycles. The number of phosphoric ester groups is 1. The lowest BCUT2D eigenvalue weighted by molar-refractivity contribution is -0.870. The van der Waals surface area contributed by atoms with Crippen molar-refractivity contribution in [3.8, 4) is 0 Å². The van der Waals surface area contributed by atoms with Crippen LogP contribution in [0.1, 0.15) is 6.92 Å². The van der Waals surface area contributed by atoms with Crippen LogP contribution in [-0.2, 0) is 27.9 Å². The van der Waals surface area contributed by atoms with Crippen molar-refractivity contribution in [2.45, 2.75) is 13.0 Å². The molecule has 1 N–H and O–H groups in total. The predicted octanol–water partition coefficient (Wildman–Crippen LogP) is 0.404. The van der Waals surface area contributed by atoms with Gasteiger partial charge in [0.1, 0.15) is 19.3 Å². The predicted molar refractivity (Wildman–Crippen MR) is 72.1 cm³/mol. The van der Waals surface area contributed by atoms with Gasteiger partial charge in [-0.2, -0.15) is 0 Å². The number of hydrogen-bond donors (Lipinski definition) is 1. The van der Waals surface area contributed by atoms with Gasteiger partial charge in [0.05, 0.1) is 34.4 Å². The third-order valence-corrected chi connectivity index (χ3v) is 3.11. The van der Waals surface area contributed by atoms with E-state index in [0.29, 0.717) is 11.0 Å². The molecule has 0 saturated carbocycles. The molecule has 2 atom stereocenters. The van der Waals surface area contributed by atoms with Crippen molar-refractivity contribution < 1.29 is 37.3 Å². The Hall–Kier alpha value is -0.500. The first-order valence-electron chi connectivity index (χ1n) is 6.14. The molecular weight excluding hydrogens is 289 g/mol. The molecule has 0 aromatic rings. The first kappa shape index (κ1) is 19.5. The molecule has 1 unspecified atom stereocenters. The molecule has 8 nitrogen and oxygen atoms in total. The van der Waals surface area contributed by atoms with Crippen LogP contribution in [0.5, 0.6) is 0 Å². The number of ether oxygens (including phenoxy) is 2. The number of rotatable bonds is 10. The molecule has 0 radical (unpaired) electrons. The van der Waals surface area contributed by atoms with Crippen molar-refractivity contribution in [2.75, 3.05) is 54.6 Å². The number of nitrogens with zero attached hydrogens (tertiary/aromatic N) is 1. The Kier molecular flexibility index (Phi) is 8.50. The van der Waals surface area contributed by atoms with E-state index in [1.165, 1.54) is 14.0 Å². The number of carbonyl (C=O) groups excluding carboxylic acids is 1. The Morgan fingerprint density at radius 3 is 2.30 bits per heavy atom. The van der Waals surface area contributed by atoms with Crippen molar-refractivity contribution in [3.63, 3.8) is 0 Å². The van der Waals surface area contributed by atoms with Crippen LogP contribution >= 0.6 is 7.82 Å². The standard InChI is InChI=1S/C11H24NO7P/c1-10(13)19-11(8-16-5)9-18-20(14,15)17-7-6-12(2,3)4/h11H,6-9H2,1-5H3/p+1/t11-/m0/s1. The van der Waals surface area contributed by atoms with Crippen molar-refractivity contribution in [2.24, 2.45) is 0 Å². The van der Waals surface area contributed by atoms with E-state index in [9.17, 15) is 14.3 Å². The zero-order chi connectivity index (χ0) is 15.8. The van der Waals surface area contributed by atoms with E-state index in [0.717, 1.165) is 0 Å². The Morgan fingerprint density at radius 1 is 1.25 bits per heavy atom. The van der Waals surface area contributed by atoms with Crippen molar-refractivity contribution in [3.05, 3.63) is 0 Å². The summed E-state index contributed by atoms with van der Waals surface area (Å²) in [7, 11) is 3.06. The highest BCUT2D eigenvalue weighted by Gasteiger charge is 2.25. The Labute approximate surface area is 119 Å². The first-order chi connectivity index (χ1) is 9.06. The van der Waals surface area contributed by atoms with E-state index >= 15 is 0 Å². The van der Waals surface area contributed by atoms with Gasteiger partial charge in [0.2, 0.25) is 0 Å². The number of phosphoric acid groups is 1. The Bertz CT molecular complexity index is 342. The molecule has 0 heterocycles. The SMILES string of the molecule is COC[C@@H](COP(=O)(O)OCC[N+](C)(C)C)OC(C)=O. The lowest BCUT2D eigenvalue weighted by Gasteiger charge is -2.24. The number of quaternary nitrogens is 1. The second kappa shape index (κ2) is 8.71. The van der Waals surface area contributed by atoms with Gasteiger partial charge in [-0.25, -0.2) is 4.57 Å². The van der Waals surface area contributed by atoms with Gasteiger partial charge in [-0.05, 0) is 0 Å². The fourth-order valence-electron chi connectivity index (χ4n) is 1.18. The highest BCUT2D eigenvalue weighted by atomic mass is 31.2. The van der Waals surface area contributed by atoms with Gasteiger partial charge in [0.15, 0.2) is 0 Å². The maximum Gasteiger partial charge on any atom is 0.472 e. The van der Waals surface area contributed by atoms with E-state index in [-0.39, 0.29) is 19.8 Å². The summed E-state index contributed by atoms with van der Waals surface area (Å²) in [6.07, 6.45) is -0.750. The minimum Gasteiger partial charge on any atom is -0.458 e. The van der Waals surface area contributed by atoms with Gasteiger partial charge < -0.3 is 18.9 Å². The normalized spacial score (nSPS) is 16.5. The number of hydrogen-bond acceptors (Lipinski definition) is 6. The molecule has 120 valence electrons. The van der Waals surface area contributed by atoms with E-state index in [1.807, 2.05) is 21.1 Å². The third kappa shape index (κ3) is 11.3. The van der Waals surface area contributed by atoms with Gasteiger partial charge in [0, 0.05) is 14.0 Å². The fourth-order valence-corrected chi connectivity index (χ4v) is 1.92. The van der Waals surface area contributed by atoms with Crippen molar-refractivity contribution >= 4 is 13.8 Å². The van der Waals surface area contributed by atoms with Gasteiger partial charge >= 0.3 is 13.8 Å². The summed E-state index contributed by atoms with van der Waals surface area (Å²) in [6, 6.07) is 0. The minimum atomic E-state index is -4.16. The van der Waals surface area contributed by atoms with E-state index in [4.69, 9.17) is 18.5 Å². The first-order valence-corrected chi connectivity index (χ1v) is 7.64. The minimum absolute atomic E-state index is 0.0679. The van der Waals surface area contributed by atoms with E-state index < -0.39 is 19.9 Å². The summed E-state index contributed by atoms with van der Waals surface area (Å²) in [5.41, 5.74) is 0. The molecule has 0 saturated heterocycles. The molecule has 0 aromatic heterocycles. The summed E-state index contributed by atoms with van der Waals surface area (Å²) in [5.74, 6) is -0.519. The van der Waals surface area contributed by atoms with Crippen LogP contribution < -0.4 is 0 Å². The van der Waals surface area contributed by atoms with Crippen LogP contribution in [0.3, 0.4) is 0 Å². The maximum absolute atomic E-state index is 11.6. The molecule has 0 spiro atoms. The molecule has 0 aliphatic heterocycles. The summed E-state index contributed by atoms with van der Waals surface area (Å²) in [6.45, 7) is 1.67. The quantitative estimate of drug-likeness (QED) is 0.354. The lowest BCUT2D eigenvalue weighted by Crippen LogP contribution is -2.37. The van der Waals surface area contributed by atoms with Gasteiger partial charge in [0.25, 0.3) is 0 Å². The summed E-state index contributed by atoms with van der Waals surface area (Å²) >= 11 is 0. The summed E-state index contributed by atoms with van der Waals surface area (Å²) in [4.78, 5) is 20.3. The monoisotopic (exact) mass is 314 g/mol. The van der Waals surface area contributed by atoms with Gasteiger partial charge in [-0.3, -0.25) is 13.8 Å². The number of carbonyl (C=O) groups is 1. The largest absolute Gasteiger partial charge is 0.472 e. The zero-order valence-electron chi connectivity index (χ0n) is 12.7. The number of likely N-dealkylation sites (N-methyl/N-ethyl adjacent to an activating group) is 1. The van der Waals surface area contributed by atoms with Crippen LogP contribution in [0.15, 0.2) is 0 Å². The number of esters is 1. The van der Waals surface area contributed by atoms with Crippen LogP contribution in [0, 0.1) is 0 Å². The highest BCUT2D eigenvalue weighted by Crippen LogP contribution is 2.43. The zero-order valence-corrected chi connectivity index (χ0v) is 13.6. The molecule has 0 aliphatic rings. The Morgan fingerprint density at radius 2 is 1.85 bits per heavy atom. The molecule has 0 fully saturated rings. The molecule has 0 amide bonds. The fraction of sp³-hybridized carbons (Fsp3) is 0.909. The van der Waals surface area contributed by atoms with Gasteiger partial charge in [-0.15, -0.1) is 0 Å². The second-order valence-corrected chi connectivity index (χ2v) is 6.75. The number of methoxy groups -OCH3 is 1. The van der Waals surface area contributed by atoms with E-state index in [1.54, 1.807) is 0 Å². The average Bonchev–Trinajstić information content (AvgIpc) is 2.23. The summed E-state index contributed by atoms with van der Waals surface area (Å²) < 4.78 is 31.5. The van der Waals surface area contributed by atoms with Crippen LogP contribution in [0.4, 0.5) is 0 Å². The molecular formula is C11H25NO7P+. The lowest BCUT2D eigenvalue weighted by atomic mass is 10.4. The second-order valence-electron chi connectivity index (χ2n) is 5.30. The molecule has 0 aromatic carbocycles. The van der Waals surface area contributed by atoms with Crippen molar-refractivity contribution in [1.82, 2.24) is 0 Å². The molecule has 0 rings (SSSR count). The maximum atomic E-state index is 11.6. The van der Waals surface area contributed by atoms with Crippen LogP contribution in [0.2, 0.25) is 0 Å². The van der Waals surface area contributed by atoms with Crippen LogP contribution in [0.25, 0.3) is 0 Å². The summed E-state index contributed by atoms with van der Waals surface area (Å²) in [5, 5.41) is 0. The van der Waals surface area contributed by atoms with Crippen LogP contribution in [-0.4, -0.2) is 76.1 Å². The molecule has 9 heteroatoms. The van der Waals surface area contributed by atoms with E-state index in [2.05, 4.69) is 0 Å². The average molecular weight is 314 g/mol. The van der Waals surface area contributed by atoms with Crippen molar-refractivity contribution in [1.29, 1.82) is 0 Å². The third-order valence-electron chi connectivity index (χ3n) is 2.13. The smallest absolute Gasteiger partial charge is 0.458 e. The molecule has 20 heavy (non-hydrogen) atoms. The topological polar surface area (TPSA) is 91.3 Å².